The van der Waals surface area contributed by atoms with E-state index in [1.165, 1.54) is 18.2 Å². The molecule has 3 aromatic rings. The van der Waals surface area contributed by atoms with Crippen LogP contribution in [0.1, 0.15) is 22.6 Å². The van der Waals surface area contributed by atoms with Crippen LogP contribution in [-0.2, 0) is 4.79 Å². The standard InChI is InChI=1S/C25H18ClFN2O4/c1-14-10-15(26)6-9-21(14)31-13-23(30)32-16-7-8-18-22(11-16)33-25(29)19(12-28)24(18)17-4-2-3-5-20(17)27/h2-11,24H,13,29H2,1H3. The van der Waals surface area contributed by atoms with Crippen LogP contribution in [0.15, 0.2) is 72.1 Å². The van der Waals surface area contributed by atoms with E-state index in [0.29, 0.717) is 16.3 Å². The van der Waals surface area contributed by atoms with Crippen molar-refractivity contribution < 1.29 is 23.4 Å². The second-order valence-electron chi connectivity index (χ2n) is 7.32. The number of fused-ring (bicyclic) bond motifs is 1. The van der Waals surface area contributed by atoms with Crippen molar-refractivity contribution in [3.05, 3.63) is 99.7 Å². The first-order valence-corrected chi connectivity index (χ1v) is 10.3. The zero-order valence-corrected chi connectivity index (χ0v) is 18.2. The maximum atomic E-state index is 14.5. The number of nitrogens with zero attached hydrogens (tertiary/aromatic N) is 1. The van der Waals surface area contributed by atoms with Gasteiger partial charge in [-0.15, -0.1) is 0 Å². The van der Waals surface area contributed by atoms with Crippen molar-refractivity contribution in [1.29, 1.82) is 5.26 Å². The summed E-state index contributed by atoms with van der Waals surface area (Å²) in [7, 11) is 0. The Morgan fingerprint density at radius 1 is 1.18 bits per heavy atom. The van der Waals surface area contributed by atoms with E-state index in [9.17, 15) is 14.4 Å². The maximum absolute atomic E-state index is 14.5. The Morgan fingerprint density at radius 3 is 2.70 bits per heavy atom. The van der Waals surface area contributed by atoms with E-state index >= 15 is 0 Å². The summed E-state index contributed by atoms with van der Waals surface area (Å²) in [6.45, 7) is 1.49. The minimum absolute atomic E-state index is 0.101. The van der Waals surface area contributed by atoms with Crippen LogP contribution in [0, 0.1) is 24.1 Å². The first-order chi connectivity index (χ1) is 15.9. The topological polar surface area (TPSA) is 94.6 Å². The van der Waals surface area contributed by atoms with Crippen LogP contribution >= 0.6 is 11.6 Å². The Kier molecular flexibility index (Phi) is 6.20. The third-order valence-corrected chi connectivity index (χ3v) is 5.36. The fourth-order valence-corrected chi connectivity index (χ4v) is 3.83. The molecule has 1 unspecified atom stereocenters. The summed E-state index contributed by atoms with van der Waals surface area (Å²) in [5.74, 6) is -1.02. The molecule has 8 heteroatoms. The molecule has 0 saturated carbocycles. The second kappa shape index (κ2) is 9.23. The maximum Gasteiger partial charge on any atom is 0.349 e. The van der Waals surface area contributed by atoms with E-state index in [1.54, 1.807) is 42.5 Å². The summed E-state index contributed by atoms with van der Waals surface area (Å²) in [5, 5.41) is 10.2. The Hall–Kier alpha value is -4.02. The Bertz CT molecular complexity index is 1320. The number of aryl methyl sites for hydroxylation is 1. The van der Waals surface area contributed by atoms with E-state index in [4.69, 9.17) is 31.5 Å². The fraction of sp³-hybridized carbons (Fsp3) is 0.120. The van der Waals surface area contributed by atoms with Gasteiger partial charge in [-0.2, -0.15) is 5.26 Å². The lowest BCUT2D eigenvalue weighted by Crippen LogP contribution is -2.22. The van der Waals surface area contributed by atoms with Crippen LogP contribution in [0.3, 0.4) is 0 Å². The van der Waals surface area contributed by atoms with Crippen LogP contribution in [0.5, 0.6) is 17.2 Å². The van der Waals surface area contributed by atoms with E-state index in [-0.39, 0.29) is 35.1 Å². The monoisotopic (exact) mass is 464 g/mol. The van der Waals surface area contributed by atoms with Gasteiger partial charge in [0.15, 0.2) is 6.61 Å². The molecule has 0 spiro atoms. The summed E-state index contributed by atoms with van der Waals surface area (Å²) in [6.07, 6.45) is 0. The molecule has 1 atom stereocenters. The zero-order chi connectivity index (χ0) is 23.5. The van der Waals surface area contributed by atoms with Gasteiger partial charge in [-0.1, -0.05) is 35.9 Å². The molecule has 0 fully saturated rings. The largest absolute Gasteiger partial charge is 0.482 e. The molecule has 0 saturated heterocycles. The minimum Gasteiger partial charge on any atom is -0.482 e. The highest BCUT2D eigenvalue weighted by Crippen LogP contribution is 2.44. The van der Waals surface area contributed by atoms with Crippen molar-refractivity contribution in [2.45, 2.75) is 12.8 Å². The average molecular weight is 465 g/mol. The molecule has 3 aromatic carbocycles. The summed E-state index contributed by atoms with van der Waals surface area (Å²) in [5.41, 5.74) is 7.65. The molecule has 0 amide bonds. The number of hydrogen-bond acceptors (Lipinski definition) is 6. The quantitative estimate of drug-likeness (QED) is 0.422. The summed E-state index contributed by atoms with van der Waals surface area (Å²) < 4.78 is 31.0. The molecule has 6 nitrogen and oxygen atoms in total. The van der Waals surface area contributed by atoms with Crippen molar-refractivity contribution >= 4 is 17.6 Å². The predicted molar refractivity (Wildman–Crippen MR) is 119 cm³/mol. The van der Waals surface area contributed by atoms with Gasteiger partial charge in [-0.05, 0) is 42.8 Å². The van der Waals surface area contributed by atoms with Gasteiger partial charge in [0.25, 0.3) is 0 Å². The molecule has 0 bridgehead atoms. The van der Waals surface area contributed by atoms with Crippen molar-refractivity contribution in [3.8, 4) is 23.3 Å². The predicted octanol–water partition coefficient (Wildman–Crippen LogP) is 4.99. The van der Waals surface area contributed by atoms with Crippen LogP contribution < -0.4 is 19.9 Å². The molecular weight excluding hydrogens is 447 g/mol. The number of nitriles is 1. The Balaban J connectivity index is 1.55. The lowest BCUT2D eigenvalue weighted by atomic mass is 9.83. The van der Waals surface area contributed by atoms with Crippen molar-refractivity contribution in [2.75, 3.05) is 6.61 Å². The number of hydrogen-bond donors (Lipinski definition) is 1. The number of carbonyl (C=O) groups is 1. The van der Waals surface area contributed by atoms with Gasteiger partial charge in [-0.3, -0.25) is 0 Å². The summed E-state index contributed by atoms with van der Waals surface area (Å²) >= 11 is 5.92. The van der Waals surface area contributed by atoms with Crippen molar-refractivity contribution in [2.24, 2.45) is 5.73 Å². The van der Waals surface area contributed by atoms with Crippen molar-refractivity contribution in [3.63, 3.8) is 0 Å². The molecule has 0 radical (unpaired) electrons. The third kappa shape index (κ3) is 4.61. The molecule has 166 valence electrons. The van der Waals surface area contributed by atoms with Gasteiger partial charge < -0.3 is 19.9 Å². The highest BCUT2D eigenvalue weighted by molar-refractivity contribution is 6.30. The van der Waals surface area contributed by atoms with Crippen molar-refractivity contribution in [1.82, 2.24) is 0 Å². The zero-order valence-electron chi connectivity index (χ0n) is 17.5. The SMILES string of the molecule is Cc1cc(Cl)ccc1OCC(=O)Oc1ccc2c(c1)OC(N)=C(C#N)C2c1ccccc1F. The molecule has 1 aliphatic rings. The smallest absolute Gasteiger partial charge is 0.349 e. The summed E-state index contributed by atoms with van der Waals surface area (Å²) in [4.78, 5) is 12.3. The molecule has 33 heavy (non-hydrogen) atoms. The molecule has 0 aliphatic carbocycles. The lowest BCUT2D eigenvalue weighted by Gasteiger charge is -2.27. The highest BCUT2D eigenvalue weighted by Gasteiger charge is 2.32. The number of esters is 1. The number of ether oxygens (including phenoxy) is 3. The molecule has 1 heterocycles. The first kappa shape index (κ1) is 22.2. The number of rotatable bonds is 5. The van der Waals surface area contributed by atoms with E-state index in [0.717, 1.165) is 5.56 Å². The molecule has 1 aliphatic heterocycles. The Morgan fingerprint density at radius 2 is 1.97 bits per heavy atom. The van der Waals surface area contributed by atoms with Crippen LogP contribution in [-0.4, -0.2) is 12.6 Å². The molecule has 4 rings (SSSR count). The van der Waals surface area contributed by atoms with Gasteiger partial charge in [0, 0.05) is 22.2 Å². The molecule has 2 N–H and O–H groups in total. The van der Waals surface area contributed by atoms with E-state index in [2.05, 4.69) is 0 Å². The lowest BCUT2D eigenvalue weighted by molar-refractivity contribution is -0.136. The molecule has 0 aromatic heterocycles. The van der Waals surface area contributed by atoms with Crippen LogP contribution in [0.2, 0.25) is 5.02 Å². The van der Waals surface area contributed by atoms with Gasteiger partial charge in [0.05, 0.1) is 5.92 Å². The minimum atomic E-state index is -0.749. The van der Waals surface area contributed by atoms with Gasteiger partial charge in [0.2, 0.25) is 5.88 Å². The average Bonchev–Trinajstić information content (AvgIpc) is 2.78. The summed E-state index contributed by atoms with van der Waals surface area (Å²) in [6, 6.07) is 17.8. The van der Waals surface area contributed by atoms with E-state index in [1.807, 2.05) is 13.0 Å². The van der Waals surface area contributed by atoms with Gasteiger partial charge >= 0.3 is 5.97 Å². The number of benzene rings is 3. The van der Waals surface area contributed by atoms with Crippen LogP contribution in [0.25, 0.3) is 0 Å². The highest BCUT2D eigenvalue weighted by atomic mass is 35.5. The van der Waals surface area contributed by atoms with E-state index < -0.39 is 17.7 Å². The number of carbonyl (C=O) groups excluding carboxylic acids is 1. The number of nitrogens with two attached hydrogens (primary N) is 1. The first-order valence-electron chi connectivity index (χ1n) is 9.93. The van der Waals surface area contributed by atoms with Gasteiger partial charge in [0.1, 0.15) is 34.7 Å². The normalized spacial score (nSPS) is 14.7. The number of halogens is 2. The fourth-order valence-electron chi connectivity index (χ4n) is 3.60. The Labute approximate surface area is 194 Å². The van der Waals surface area contributed by atoms with Gasteiger partial charge in [-0.25, -0.2) is 9.18 Å². The third-order valence-electron chi connectivity index (χ3n) is 5.12. The second-order valence-corrected chi connectivity index (χ2v) is 7.75. The number of allylic oxidation sites excluding steroid dienone is 1. The molecular formula is C25H18ClFN2O4. The van der Waals surface area contributed by atoms with Crippen LogP contribution in [0.4, 0.5) is 4.39 Å².